The molecule has 1 heterocycles. The van der Waals surface area contributed by atoms with E-state index in [2.05, 4.69) is 5.32 Å². The van der Waals surface area contributed by atoms with Crippen molar-refractivity contribution in [1.29, 1.82) is 0 Å². The summed E-state index contributed by atoms with van der Waals surface area (Å²) in [5, 5.41) is 2.78. The summed E-state index contributed by atoms with van der Waals surface area (Å²) in [6, 6.07) is 15.0. The SMILES string of the molecule is CCN(C(=O)c1ccc2c(c1)NC(=O)C2)c1ccccc1. The van der Waals surface area contributed by atoms with Gasteiger partial charge in [0.05, 0.1) is 6.42 Å². The fourth-order valence-corrected chi connectivity index (χ4v) is 2.55. The van der Waals surface area contributed by atoms with Crippen molar-refractivity contribution in [2.24, 2.45) is 0 Å². The second-order valence-electron chi connectivity index (χ2n) is 4.98. The van der Waals surface area contributed by atoms with E-state index in [1.807, 2.05) is 43.3 Å². The molecule has 2 aromatic carbocycles. The van der Waals surface area contributed by atoms with E-state index in [1.54, 1.807) is 17.0 Å². The molecular weight excluding hydrogens is 264 g/mol. The van der Waals surface area contributed by atoms with Crippen molar-refractivity contribution in [1.82, 2.24) is 0 Å². The summed E-state index contributed by atoms with van der Waals surface area (Å²) in [6.07, 6.45) is 0.389. The van der Waals surface area contributed by atoms with Crippen molar-refractivity contribution in [3.05, 3.63) is 59.7 Å². The van der Waals surface area contributed by atoms with Crippen LogP contribution in [0.5, 0.6) is 0 Å². The zero-order valence-corrected chi connectivity index (χ0v) is 11.8. The van der Waals surface area contributed by atoms with Crippen molar-refractivity contribution in [2.45, 2.75) is 13.3 Å². The van der Waals surface area contributed by atoms with E-state index in [4.69, 9.17) is 0 Å². The second kappa shape index (κ2) is 5.40. The first-order valence-corrected chi connectivity index (χ1v) is 6.98. The highest BCUT2D eigenvalue weighted by Crippen LogP contribution is 2.25. The Bertz CT molecular complexity index is 695. The van der Waals surface area contributed by atoms with E-state index in [1.165, 1.54) is 0 Å². The first kappa shape index (κ1) is 13.4. The summed E-state index contributed by atoms with van der Waals surface area (Å²) in [5.74, 6) is -0.0855. The summed E-state index contributed by atoms with van der Waals surface area (Å²) in [6.45, 7) is 2.53. The first-order chi connectivity index (χ1) is 10.2. The molecule has 0 bridgehead atoms. The fraction of sp³-hybridized carbons (Fsp3) is 0.176. The van der Waals surface area contributed by atoms with Gasteiger partial charge in [0, 0.05) is 23.5 Å². The number of amides is 2. The molecule has 1 aliphatic heterocycles. The van der Waals surface area contributed by atoms with Crippen LogP contribution in [0.1, 0.15) is 22.8 Å². The van der Waals surface area contributed by atoms with Crippen LogP contribution in [0.15, 0.2) is 48.5 Å². The lowest BCUT2D eigenvalue weighted by molar-refractivity contribution is -0.115. The van der Waals surface area contributed by atoms with E-state index in [0.717, 1.165) is 16.9 Å². The molecule has 1 N–H and O–H groups in total. The van der Waals surface area contributed by atoms with Gasteiger partial charge in [0.25, 0.3) is 5.91 Å². The third-order valence-corrected chi connectivity index (χ3v) is 3.61. The van der Waals surface area contributed by atoms with Crippen LogP contribution < -0.4 is 10.2 Å². The molecule has 0 aromatic heterocycles. The smallest absolute Gasteiger partial charge is 0.258 e. The molecule has 0 spiro atoms. The molecule has 2 amide bonds. The second-order valence-corrected chi connectivity index (χ2v) is 4.98. The van der Waals surface area contributed by atoms with E-state index < -0.39 is 0 Å². The van der Waals surface area contributed by atoms with Crippen molar-refractivity contribution < 1.29 is 9.59 Å². The number of carbonyl (C=O) groups excluding carboxylic acids is 2. The quantitative estimate of drug-likeness (QED) is 0.940. The zero-order chi connectivity index (χ0) is 14.8. The molecule has 4 nitrogen and oxygen atoms in total. The standard InChI is InChI=1S/C17H16N2O2/c1-2-19(14-6-4-3-5-7-14)17(21)13-9-8-12-11-16(20)18-15(12)10-13/h3-10H,2,11H2,1H3,(H,18,20). The van der Waals surface area contributed by atoms with Crippen molar-refractivity contribution in [3.8, 4) is 0 Å². The topological polar surface area (TPSA) is 49.4 Å². The van der Waals surface area contributed by atoms with Crippen LogP contribution in [-0.4, -0.2) is 18.4 Å². The fourth-order valence-electron chi connectivity index (χ4n) is 2.55. The average Bonchev–Trinajstić information content (AvgIpc) is 2.88. The minimum absolute atomic E-state index is 0.0231. The van der Waals surface area contributed by atoms with Gasteiger partial charge in [-0.2, -0.15) is 0 Å². The van der Waals surface area contributed by atoms with Crippen LogP contribution in [0.4, 0.5) is 11.4 Å². The number of hydrogen-bond acceptors (Lipinski definition) is 2. The molecule has 106 valence electrons. The molecular formula is C17H16N2O2. The Morgan fingerprint density at radius 2 is 1.95 bits per heavy atom. The molecule has 0 aliphatic carbocycles. The molecule has 0 atom stereocenters. The highest BCUT2D eigenvalue weighted by molar-refractivity contribution is 6.08. The minimum atomic E-state index is -0.0624. The van der Waals surface area contributed by atoms with Crippen molar-refractivity contribution in [2.75, 3.05) is 16.8 Å². The van der Waals surface area contributed by atoms with Crippen LogP contribution >= 0.6 is 0 Å². The molecule has 3 rings (SSSR count). The van der Waals surface area contributed by atoms with Gasteiger partial charge in [-0.05, 0) is 36.8 Å². The number of fused-ring (bicyclic) bond motifs is 1. The number of rotatable bonds is 3. The summed E-state index contributed by atoms with van der Waals surface area (Å²) in [5.41, 5.74) is 3.14. The normalized spacial score (nSPS) is 12.7. The third kappa shape index (κ3) is 2.52. The highest BCUT2D eigenvalue weighted by atomic mass is 16.2. The van der Waals surface area contributed by atoms with Gasteiger partial charge in [0.1, 0.15) is 0 Å². The van der Waals surface area contributed by atoms with E-state index in [0.29, 0.717) is 18.5 Å². The molecule has 4 heteroatoms. The van der Waals surface area contributed by atoms with Crippen molar-refractivity contribution >= 4 is 23.2 Å². The van der Waals surface area contributed by atoms with Gasteiger partial charge in [0.2, 0.25) is 5.91 Å². The van der Waals surface area contributed by atoms with Gasteiger partial charge < -0.3 is 10.2 Å². The largest absolute Gasteiger partial charge is 0.326 e. The van der Waals surface area contributed by atoms with Gasteiger partial charge in [-0.15, -0.1) is 0 Å². The van der Waals surface area contributed by atoms with E-state index >= 15 is 0 Å². The summed E-state index contributed by atoms with van der Waals surface area (Å²) in [4.78, 5) is 25.8. The van der Waals surface area contributed by atoms with Crippen molar-refractivity contribution in [3.63, 3.8) is 0 Å². The number of benzene rings is 2. The Balaban J connectivity index is 1.91. The van der Waals surface area contributed by atoms with E-state index in [9.17, 15) is 9.59 Å². The van der Waals surface area contributed by atoms with E-state index in [-0.39, 0.29) is 11.8 Å². The van der Waals surface area contributed by atoms with Crippen LogP contribution in [0, 0.1) is 0 Å². The lowest BCUT2D eigenvalue weighted by Gasteiger charge is -2.21. The molecule has 0 radical (unpaired) electrons. The molecule has 1 aliphatic rings. The summed E-state index contributed by atoms with van der Waals surface area (Å²) in [7, 11) is 0. The number of hydrogen-bond donors (Lipinski definition) is 1. The lowest BCUT2D eigenvalue weighted by Crippen LogP contribution is -2.30. The molecule has 2 aromatic rings. The lowest BCUT2D eigenvalue weighted by atomic mass is 10.1. The Hall–Kier alpha value is -2.62. The van der Waals surface area contributed by atoms with Crippen LogP contribution in [0.25, 0.3) is 0 Å². The number of anilines is 2. The van der Waals surface area contributed by atoms with Crippen LogP contribution in [0.3, 0.4) is 0 Å². The predicted octanol–water partition coefficient (Wildman–Crippen LogP) is 2.85. The third-order valence-electron chi connectivity index (χ3n) is 3.61. The minimum Gasteiger partial charge on any atom is -0.326 e. The maximum Gasteiger partial charge on any atom is 0.258 e. The first-order valence-electron chi connectivity index (χ1n) is 6.98. The Labute approximate surface area is 123 Å². The number of nitrogens with one attached hydrogen (secondary N) is 1. The summed E-state index contributed by atoms with van der Waals surface area (Å²) >= 11 is 0. The zero-order valence-electron chi connectivity index (χ0n) is 11.8. The van der Waals surface area contributed by atoms with Gasteiger partial charge in [0.15, 0.2) is 0 Å². The maximum absolute atomic E-state index is 12.7. The van der Waals surface area contributed by atoms with Gasteiger partial charge in [-0.1, -0.05) is 24.3 Å². The summed E-state index contributed by atoms with van der Waals surface area (Å²) < 4.78 is 0. The number of carbonyl (C=O) groups is 2. The molecule has 0 unspecified atom stereocenters. The van der Waals surface area contributed by atoms with Crippen LogP contribution in [-0.2, 0) is 11.2 Å². The van der Waals surface area contributed by atoms with Gasteiger partial charge >= 0.3 is 0 Å². The molecule has 21 heavy (non-hydrogen) atoms. The number of nitrogens with zero attached hydrogens (tertiary/aromatic N) is 1. The molecule has 0 fully saturated rings. The monoisotopic (exact) mass is 280 g/mol. The van der Waals surface area contributed by atoms with Gasteiger partial charge in [-0.25, -0.2) is 0 Å². The number of para-hydroxylation sites is 1. The highest BCUT2D eigenvalue weighted by Gasteiger charge is 2.21. The average molecular weight is 280 g/mol. The van der Waals surface area contributed by atoms with Gasteiger partial charge in [-0.3, -0.25) is 9.59 Å². The Morgan fingerprint density at radius 3 is 2.67 bits per heavy atom. The predicted molar refractivity (Wildman–Crippen MR) is 82.6 cm³/mol. The Kier molecular flexibility index (Phi) is 3.44. The molecule has 0 saturated heterocycles. The Morgan fingerprint density at radius 1 is 1.19 bits per heavy atom. The maximum atomic E-state index is 12.7. The molecule has 0 saturated carbocycles. The van der Waals surface area contributed by atoms with Crippen LogP contribution in [0.2, 0.25) is 0 Å².